The first-order chi connectivity index (χ1) is 11.9. The van der Waals surface area contributed by atoms with Gasteiger partial charge in [-0.15, -0.1) is 0 Å². The molecule has 2 fully saturated rings. The Labute approximate surface area is 149 Å². The second-order valence-electron chi connectivity index (χ2n) is 5.74. The highest BCUT2D eigenvalue weighted by Crippen LogP contribution is 2.68. The van der Waals surface area contributed by atoms with Gasteiger partial charge in [-0.3, -0.25) is 4.52 Å². The third-order valence-corrected chi connectivity index (χ3v) is 8.49. The normalized spacial score (nSPS) is 34.7. The summed E-state index contributed by atoms with van der Waals surface area (Å²) < 4.78 is 59.5. The van der Waals surface area contributed by atoms with Crippen LogP contribution in [0.25, 0.3) is 0 Å². The molecule has 6 atom stereocenters. The molecule has 2 heterocycles. The zero-order valence-corrected chi connectivity index (χ0v) is 16.5. The average molecular weight is 441 g/mol. The van der Waals surface area contributed by atoms with Crippen LogP contribution < -0.4 is 0 Å². The quantitative estimate of drug-likeness (QED) is 0.376. The summed E-state index contributed by atoms with van der Waals surface area (Å²) in [7, 11) is -15.3. The largest absolute Gasteiger partial charge is 0.489 e. The fourth-order valence-corrected chi connectivity index (χ4v) is 6.53. The van der Waals surface area contributed by atoms with Gasteiger partial charge in [0, 0.05) is 19.5 Å². The molecule has 0 bridgehead atoms. The molecule has 0 aromatic carbocycles. The van der Waals surface area contributed by atoms with Gasteiger partial charge >= 0.3 is 23.4 Å². The Morgan fingerprint density at radius 2 is 1.69 bits per heavy atom. The van der Waals surface area contributed by atoms with E-state index in [0.29, 0.717) is 6.42 Å². The molecule has 0 amide bonds. The number of aliphatic hydroxyl groups is 1. The summed E-state index contributed by atoms with van der Waals surface area (Å²) in [5.41, 5.74) is 0. The van der Waals surface area contributed by atoms with Crippen molar-refractivity contribution in [1.82, 2.24) is 4.67 Å². The highest BCUT2D eigenvalue weighted by Gasteiger charge is 2.45. The van der Waals surface area contributed by atoms with Crippen LogP contribution in [0.3, 0.4) is 0 Å². The number of phosphoric acid groups is 2. The highest BCUT2D eigenvalue weighted by atomic mass is 31.3. The molecule has 0 spiro atoms. The molecule has 0 saturated carbocycles. The second kappa shape index (κ2) is 8.75. The molecule has 0 radical (unpaired) electrons. The van der Waals surface area contributed by atoms with Crippen LogP contribution in [-0.4, -0.2) is 75.7 Å². The van der Waals surface area contributed by atoms with Crippen molar-refractivity contribution in [2.24, 2.45) is 0 Å². The topological polar surface area (TPSA) is 182 Å². The summed E-state index contributed by atoms with van der Waals surface area (Å²) in [5, 5.41) is 9.65. The molecule has 0 aliphatic carbocycles. The van der Waals surface area contributed by atoms with Gasteiger partial charge in [0.15, 0.2) is 0 Å². The van der Waals surface area contributed by atoms with Gasteiger partial charge in [-0.25, -0.2) is 18.4 Å². The fraction of sp³-hybridized carbons (Fsp3) is 1.00. The molecule has 4 unspecified atom stereocenters. The SMILES string of the molecule is C[C@H]1CC(O)[C@@H](COP(=O)(O)OP(=O)(O)OP(=O)(O)N2CCOCC2)O1. The Kier molecular flexibility index (Phi) is 7.60. The first-order valence-corrected chi connectivity index (χ1v) is 12.1. The van der Waals surface area contributed by atoms with Crippen molar-refractivity contribution in [2.45, 2.75) is 31.7 Å². The number of aliphatic hydroxyl groups excluding tert-OH is 1. The standard InChI is InChI=1S/C10H22NO12P3/c1-8-6-9(12)10(21-8)7-20-25(15,16)23-26(17,18)22-24(13,14)11-2-4-19-5-3-11/h8-10,12H,2-7H2,1H3,(H,13,14)(H,15,16)(H,17,18)/t8-,9?,10+/m0/s1. The van der Waals surface area contributed by atoms with Crippen molar-refractivity contribution in [3.63, 3.8) is 0 Å². The van der Waals surface area contributed by atoms with Crippen molar-refractivity contribution in [2.75, 3.05) is 32.9 Å². The van der Waals surface area contributed by atoms with Gasteiger partial charge in [-0.05, 0) is 6.92 Å². The van der Waals surface area contributed by atoms with Crippen LogP contribution in [-0.2, 0) is 36.3 Å². The first-order valence-electron chi connectivity index (χ1n) is 7.62. The van der Waals surface area contributed by atoms with E-state index < -0.39 is 42.2 Å². The smallest absolute Gasteiger partial charge is 0.390 e. The lowest BCUT2D eigenvalue weighted by Gasteiger charge is -2.30. The minimum atomic E-state index is -5.43. The summed E-state index contributed by atoms with van der Waals surface area (Å²) >= 11 is 0. The van der Waals surface area contributed by atoms with Crippen molar-refractivity contribution in [3.8, 4) is 0 Å². The minimum absolute atomic E-state index is 0.0455. The van der Waals surface area contributed by atoms with Crippen LogP contribution in [0.5, 0.6) is 0 Å². The predicted octanol–water partition coefficient (Wildman–Crippen LogP) is 0.208. The monoisotopic (exact) mass is 441 g/mol. The summed E-state index contributed by atoms with van der Waals surface area (Å²) in [4.78, 5) is 28.8. The van der Waals surface area contributed by atoms with Crippen LogP contribution >= 0.6 is 23.4 Å². The van der Waals surface area contributed by atoms with E-state index in [0.717, 1.165) is 4.67 Å². The van der Waals surface area contributed by atoms with Gasteiger partial charge in [0.2, 0.25) is 0 Å². The molecule has 2 aliphatic rings. The van der Waals surface area contributed by atoms with E-state index in [1.807, 2.05) is 0 Å². The van der Waals surface area contributed by atoms with Crippen molar-refractivity contribution in [3.05, 3.63) is 0 Å². The number of morpholine rings is 1. The van der Waals surface area contributed by atoms with E-state index in [-0.39, 0.29) is 32.4 Å². The zero-order valence-electron chi connectivity index (χ0n) is 13.8. The first kappa shape index (κ1) is 22.6. The van der Waals surface area contributed by atoms with E-state index in [2.05, 4.69) is 13.1 Å². The van der Waals surface area contributed by atoms with Gasteiger partial charge in [-0.2, -0.15) is 8.62 Å². The Balaban J connectivity index is 1.90. The molecule has 2 rings (SSSR count). The van der Waals surface area contributed by atoms with Crippen LogP contribution in [0.15, 0.2) is 0 Å². The number of ether oxygens (including phenoxy) is 2. The van der Waals surface area contributed by atoms with E-state index in [1.165, 1.54) is 0 Å². The van der Waals surface area contributed by atoms with Crippen LogP contribution in [0.1, 0.15) is 13.3 Å². The Hall–Kier alpha value is 0.290. The van der Waals surface area contributed by atoms with Crippen molar-refractivity contribution in [1.29, 1.82) is 0 Å². The van der Waals surface area contributed by atoms with E-state index in [4.69, 9.17) is 9.47 Å². The van der Waals surface area contributed by atoms with Gasteiger partial charge in [0.05, 0.1) is 32.0 Å². The zero-order chi connectivity index (χ0) is 19.6. The molecule has 0 aromatic heterocycles. The van der Waals surface area contributed by atoms with Gasteiger partial charge in [0.25, 0.3) is 0 Å². The summed E-state index contributed by atoms with van der Waals surface area (Å²) in [6.07, 6.45) is -1.87. The second-order valence-corrected chi connectivity index (χ2v) is 10.7. The molecule has 0 aromatic rings. The van der Waals surface area contributed by atoms with E-state index in [9.17, 15) is 33.5 Å². The Bertz CT molecular complexity index is 624. The summed E-state index contributed by atoms with van der Waals surface area (Å²) in [6, 6.07) is 0. The molecular weight excluding hydrogens is 419 g/mol. The molecule has 154 valence electrons. The molecule has 26 heavy (non-hydrogen) atoms. The third kappa shape index (κ3) is 6.72. The highest BCUT2D eigenvalue weighted by molar-refractivity contribution is 7.67. The van der Waals surface area contributed by atoms with Crippen LogP contribution in [0.4, 0.5) is 0 Å². The number of phosphoric ester groups is 1. The third-order valence-electron chi connectivity index (χ3n) is 3.57. The molecule has 4 N–H and O–H groups in total. The Morgan fingerprint density at radius 1 is 1.08 bits per heavy atom. The van der Waals surface area contributed by atoms with Crippen molar-refractivity contribution >= 4 is 23.4 Å². The van der Waals surface area contributed by atoms with Crippen molar-refractivity contribution < 1.29 is 56.1 Å². The lowest BCUT2D eigenvalue weighted by Crippen LogP contribution is -2.34. The molecular formula is C10H22NO12P3. The number of hydrogen-bond acceptors (Lipinski definition) is 9. The van der Waals surface area contributed by atoms with Gasteiger partial charge < -0.3 is 29.3 Å². The number of rotatable bonds is 8. The summed E-state index contributed by atoms with van der Waals surface area (Å²) in [5.74, 6) is 0. The Morgan fingerprint density at radius 3 is 2.23 bits per heavy atom. The maximum Gasteiger partial charge on any atom is 0.489 e. The molecule has 2 saturated heterocycles. The average Bonchev–Trinajstić information content (AvgIpc) is 2.82. The maximum atomic E-state index is 12.0. The lowest BCUT2D eigenvalue weighted by atomic mass is 10.1. The van der Waals surface area contributed by atoms with Crippen LogP contribution in [0.2, 0.25) is 0 Å². The lowest BCUT2D eigenvalue weighted by molar-refractivity contribution is -0.0167. The van der Waals surface area contributed by atoms with Crippen LogP contribution in [0, 0.1) is 0 Å². The fourth-order valence-electron chi connectivity index (χ4n) is 2.42. The van der Waals surface area contributed by atoms with E-state index in [1.54, 1.807) is 6.92 Å². The molecule has 2 aliphatic heterocycles. The van der Waals surface area contributed by atoms with Gasteiger partial charge in [-0.1, -0.05) is 0 Å². The molecule has 13 nitrogen and oxygen atoms in total. The van der Waals surface area contributed by atoms with Gasteiger partial charge in [0.1, 0.15) is 6.10 Å². The number of hydrogen-bond donors (Lipinski definition) is 4. The minimum Gasteiger partial charge on any atom is -0.390 e. The number of nitrogens with zero attached hydrogens (tertiary/aromatic N) is 1. The summed E-state index contributed by atoms with van der Waals surface area (Å²) in [6.45, 7) is 1.20. The maximum absolute atomic E-state index is 12.0. The predicted molar refractivity (Wildman–Crippen MR) is 84.9 cm³/mol. The molecule has 16 heteroatoms. The van der Waals surface area contributed by atoms with E-state index >= 15 is 0 Å².